The minimum atomic E-state index is -0.367. The first-order chi connectivity index (χ1) is 8.72. The molecule has 5 nitrogen and oxygen atoms in total. The summed E-state index contributed by atoms with van der Waals surface area (Å²) in [7, 11) is 0. The zero-order chi connectivity index (χ0) is 13.0. The molecule has 0 aliphatic heterocycles. The molecule has 0 aliphatic carbocycles. The number of aliphatic hydroxyl groups is 1. The van der Waals surface area contributed by atoms with Gasteiger partial charge in [-0.2, -0.15) is 4.73 Å². The highest BCUT2D eigenvalue weighted by Crippen LogP contribution is 2.20. The van der Waals surface area contributed by atoms with Gasteiger partial charge in [-0.05, 0) is 11.6 Å². The fraction of sp³-hybridized carbons (Fsp3) is 0.308. The molecule has 3 N–H and O–H groups in total. The summed E-state index contributed by atoms with van der Waals surface area (Å²) >= 11 is 0. The second kappa shape index (κ2) is 5.55. The van der Waals surface area contributed by atoms with Crippen LogP contribution >= 0.6 is 0 Å². The van der Waals surface area contributed by atoms with Gasteiger partial charge in [0.05, 0.1) is 11.9 Å². The quantitative estimate of drug-likeness (QED) is 0.730. The number of para-hydroxylation sites is 1. The number of nitrogens with zero attached hydrogens (tertiary/aromatic N) is 1. The lowest BCUT2D eigenvalue weighted by Crippen LogP contribution is -2.14. The highest BCUT2D eigenvalue weighted by Gasteiger charge is 2.10. The standard InChI is InChI=1S/C13H16N2O3/c14-13(17)8-10-9-15(18-7-3-6-16)12-5-2-1-4-11(10)12/h1-2,4-5,9,16H,3,6-8H2,(H2,14,17). The Morgan fingerprint density at radius 3 is 2.89 bits per heavy atom. The summed E-state index contributed by atoms with van der Waals surface area (Å²) in [5.74, 6) is -0.367. The van der Waals surface area contributed by atoms with Crippen LogP contribution in [-0.2, 0) is 11.2 Å². The van der Waals surface area contributed by atoms with Gasteiger partial charge in [0.1, 0.15) is 6.61 Å². The SMILES string of the molecule is NC(=O)Cc1cn(OCCCO)c2ccccc12. The first-order valence-corrected chi connectivity index (χ1v) is 5.84. The van der Waals surface area contributed by atoms with Gasteiger partial charge in [-0.3, -0.25) is 4.79 Å². The van der Waals surface area contributed by atoms with Gasteiger partial charge < -0.3 is 15.7 Å². The number of hydrogen-bond donors (Lipinski definition) is 2. The first-order valence-electron chi connectivity index (χ1n) is 5.84. The van der Waals surface area contributed by atoms with E-state index in [1.54, 1.807) is 10.9 Å². The van der Waals surface area contributed by atoms with Crippen molar-refractivity contribution in [2.24, 2.45) is 5.73 Å². The van der Waals surface area contributed by atoms with Crippen LogP contribution in [-0.4, -0.2) is 29.0 Å². The second-order valence-electron chi connectivity index (χ2n) is 4.05. The maximum absolute atomic E-state index is 11.0. The van der Waals surface area contributed by atoms with Crippen LogP contribution in [0.25, 0.3) is 10.9 Å². The van der Waals surface area contributed by atoms with Crippen molar-refractivity contribution in [3.63, 3.8) is 0 Å². The topological polar surface area (TPSA) is 77.5 Å². The van der Waals surface area contributed by atoms with E-state index < -0.39 is 0 Å². The van der Waals surface area contributed by atoms with E-state index in [0.717, 1.165) is 16.5 Å². The molecule has 1 aromatic heterocycles. The normalized spacial score (nSPS) is 10.7. The average molecular weight is 248 g/mol. The van der Waals surface area contributed by atoms with E-state index in [2.05, 4.69) is 0 Å². The Morgan fingerprint density at radius 1 is 1.39 bits per heavy atom. The van der Waals surface area contributed by atoms with E-state index in [1.807, 2.05) is 24.3 Å². The third-order valence-corrected chi connectivity index (χ3v) is 2.66. The number of benzene rings is 1. The van der Waals surface area contributed by atoms with Crippen molar-refractivity contribution >= 4 is 16.8 Å². The van der Waals surface area contributed by atoms with Crippen LogP contribution in [0.3, 0.4) is 0 Å². The molecule has 0 saturated carbocycles. The second-order valence-corrected chi connectivity index (χ2v) is 4.05. The minimum absolute atomic E-state index is 0.0906. The van der Waals surface area contributed by atoms with Crippen LogP contribution in [0.1, 0.15) is 12.0 Å². The van der Waals surface area contributed by atoms with Crippen LogP contribution in [0.4, 0.5) is 0 Å². The molecule has 5 heteroatoms. The fourth-order valence-electron chi connectivity index (χ4n) is 1.88. The van der Waals surface area contributed by atoms with E-state index in [0.29, 0.717) is 13.0 Å². The highest BCUT2D eigenvalue weighted by molar-refractivity contribution is 5.88. The van der Waals surface area contributed by atoms with E-state index >= 15 is 0 Å². The molecule has 0 aliphatic rings. The Labute approximate surface area is 105 Å². The highest BCUT2D eigenvalue weighted by atomic mass is 16.7. The summed E-state index contributed by atoms with van der Waals surface area (Å²) < 4.78 is 1.63. The number of carbonyl (C=O) groups is 1. The zero-order valence-corrected chi connectivity index (χ0v) is 10.0. The summed E-state index contributed by atoms with van der Waals surface area (Å²) in [6.07, 6.45) is 2.53. The number of carbonyl (C=O) groups excluding carboxylic acids is 1. The van der Waals surface area contributed by atoms with Gasteiger partial charge in [-0.15, -0.1) is 0 Å². The van der Waals surface area contributed by atoms with Crippen molar-refractivity contribution in [1.29, 1.82) is 0 Å². The number of fused-ring (bicyclic) bond motifs is 1. The summed E-state index contributed by atoms with van der Waals surface area (Å²) in [6, 6.07) is 7.66. The lowest BCUT2D eigenvalue weighted by atomic mass is 10.1. The Bertz CT molecular complexity index is 548. The van der Waals surface area contributed by atoms with Crippen LogP contribution in [0, 0.1) is 0 Å². The molecule has 0 atom stereocenters. The van der Waals surface area contributed by atoms with Crippen molar-refractivity contribution in [2.45, 2.75) is 12.8 Å². The van der Waals surface area contributed by atoms with Crippen molar-refractivity contribution in [1.82, 2.24) is 4.73 Å². The summed E-state index contributed by atoms with van der Waals surface area (Å²) in [4.78, 5) is 16.5. The molecule has 0 fully saturated rings. The molecule has 0 radical (unpaired) electrons. The van der Waals surface area contributed by atoms with Gasteiger partial charge in [0.2, 0.25) is 5.91 Å². The van der Waals surface area contributed by atoms with Gasteiger partial charge in [0.25, 0.3) is 0 Å². The van der Waals surface area contributed by atoms with Crippen molar-refractivity contribution in [3.8, 4) is 0 Å². The summed E-state index contributed by atoms with van der Waals surface area (Å²) in [6.45, 7) is 0.512. The van der Waals surface area contributed by atoms with Gasteiger partial charge in [0.15, 0.2) is 0 Å². The monoisotopic (exact) mass is 248 g/mol. The van der Waals surface area contributed by atoms with Gasteiger partial charge in [0, 0.05) is 24.6 Å². The van der Waals surface area contributed by atoms with Crippen LogP contribution in [0.2, 0.25) is 0 Å². The van der Waals surface area contributed by atoms with Gasteiger partial charge >= 0.3 is 0 Å². The Balaban J connectivity index is 2.31. The molecule has 0 bridgehead atoms. The molecule has 18 heavy (non-hydrogen) atoms. The summed E-state index contributed by atoms with van der Waals surface area (Å²) in [5, 5.41) is 9.69. The van der Waals surface area contributed by atoms with E-state index in [-0.39, 0.29) is 18.9 Å². The number of aromatic nitrogens is 1. The fourth-order valence-corrected chi connectivity index (χ4v) is 1.88. The lowest BCUT2D eigenvalue weighted by Gasteiger charge is -2.06. The number of rotatable bonds is 6. The molecule has 1 heterocycles. The molecule has 2 aromatic rings. The molecule has 96 valence electrons. The number of amides is 1. The van der Waals surface area contributed by atoms with Crippen molar-refractivity contribution in [2.75, 3.05) is 13.2 Å². The van der Waals surface area contributed by atoms with Crippen LogP contribution < -0.4 is 10.6 Å². The molecular formula is C13H16N2O3. The molecule has 0 spiro atoms. The number of hydrogen-bond acceptors (Lipinski definition) is 3. The number of aliphatic hydroxyl groups excluding tert-OH is 1. The molecular weight excluding hydrogens is 232 g/mol. The third-order valence-electron chi connectivity index (χ3n) is 2.66. The zero-order valence-electron chi connectivity index (χ0n) is 10.0. The lowest BCUT2D eigenvalue weighted by molar-refractivity contribution is -0.117. The Morgan fingerprint density at radius 2 is 2.17 bits per heavy atom. The molecule has 2 rings (SSSR count). The van der Waals surface area contributed by atoms with E-state index in [1.165, 1.54) is 0 Å². The maximum atomic E-state index is 11.0. The van der Waals surface area contributed by atoms with Crippen LogP contribution in [0.15, 0.2) is 30.5 Å². The first kappa shape index (κ1) is 12.4. The van der Waals surface area contributed by atoms with Crippen molar-refractivity contribution in [3.05, 3.63) is 36.0 Å². The Hall–Kier alpha value is -2.01. The largest absolute Gasteiger partial charge is 0.414 e. The molecule has 1 aromatic carbocycles. The molecule has 0 saturated heterocycles. The molecule has 0 unspecified atom stereocenters. The van der Waals surface area contributed by atoms with Gasteiger partial charge in [-0.1, -0.05) is 18.2 Å². The average Bonchev–Trinajstić information content (AvgIpc) is 2.68. The van der Waals surface area contributed by atoms with Crippen LogP contribution in [0.5, 0.6) is 0 Å². The van der Waals surface area contributed by atoms with E-state index in [4.69, 9.17) is 15.7 Å². The Kier molecular flexibility index (Phi) is 3.84. The smallest absolute Gasteiger partial charge is 0.221 e. The minimum Gasteiger partial charge on any atom is -0.414 e. The third kappa shape index (κ3) is 2.62. The number of nitrogens with two attached hydrogens (primary N) is 1. The van der Waals surface area contributed by atoms with E-state index in [9.17, 15) is 4.79 Å². The molecule has 1 amide bonds. The van der Waals surface area contributed by atoms with Crippen molar-refractivity contribution < 1.29 is 14.7 Å². The predicted octanol–water partition coefficient (Wildman–Crippen LogP) is 0.480. The predicted molar refractivity (Wildman–Crippen MR) is 68.0 cm³/mol. The maximum Gasteiger partial charge on any atom is 0.221 e. The van der Waals surface area contributed by atoms with Gasteiger partial charge in [-0.25, -0.2) is 0 Å². The number of primary amides is 1. The summed E-state index contributed by atoms with van der Waals surface area (Å²) in [5.41, 5.74) is 6.97.